The Balaban J connectivity index is 1.47. The Morgan fingerprint density at radius 3 is 3.10 bits per heavy atom. The topological polar surface area (TPSA) is 58.2 Å². The summed E-state index contributed by atoms with van der Waals surface area (Å²) in [5, 5.41) is 7.06. The molecule has 5 heteroatoms. The average Bonchev–Trinajstić information content (AvgIpc) is 3.08. The minimum Gasteiger partial charge on any atom is -0.378 e. The fraction of sp³-hybridized carbons (Fsp3) is 0.750. The zero-order valence-electron chi connectivity index (χ0n) is 12.6. The normalized spacial score (nSPS) is 26.8. The summed E-state index contributed by atoms with van der Waals surface area (Å²) in [6, 6.07) is 2.02. The fourth-order valence-corrected chi connectivity index (χ4v) is 3.43. The number of ether oxygens (including phenoxy) is 1. The van der Waals surface area contributed by atoms with Crippen molar-refractivity contribution in [3.8, 4) is 0 Å². The van der Waals surface area contributed by atoms with E-state index in [0.29, 0.717) is 18.4 Å². The first kappa shape index (κ1) is 14.6. The number of carbonyl (C=O) groups is 1. The van der Waals surface area contributed by atoms with Crippen LogP contribution in [0, 0.1) is 0 Å². The molecule has 2 saturated heterocycles. The van der Waals surface area contributed by atoms with Crippen molar-refractivity contribution in [3.63, 3.8) is 0 Å². The monoisotopic (exact) mass is 291 g/mol. The summed E-state index contributed by atoms with van der Waals surface area (Å²) in [6.45, 7) is 2.59. The van der Waals surface area contributed by atoms with Gasteiger partial charge >= 0.3 is 0 Å². The molecule has 1 amide bonds. The zero-order valence-corrected chi connectivity index (χ0v) is 12.6. The van der Waals surface area contributed by atoms with Crippen molar-refractivity contribution in [1.82, 2.24) is 15.1 Å². The summed E-state index contributed by atoms with van der Waals surface area (Å²) in [6.07, 6.45) is 9.33. The smallest absolute Gasteiger partial charge is 0.222 e. The Hall–Kier alpha value is -1.36. The van der Waals surface area contributed by atoms with Crippen LogP contribution >= 0.6 is 0 Å². The molecule has 2 aliphatic heterocycles. The van der Waals surface area contributed by atoms with Crippen LogP contribution in [0.3, 0.4) is 0 Å². The molecule has 0 saturated carbocycles. The van der Waals surface area contributed by atoms with Gasteiger partial charge in [-0.2, -0.15) is 5.10 Å². The van der Waals surface area contributed by atoms with Crippen LogP contribution in [0.15, 0.2) is 12.3 Å². The van der Waals surface area contributed by atoms with Crippen molar-refractivity contribution in [1.29, 1.82) is 0 Å². The molecule has 0 bridgehead atoms. The lowest BCUT2D eigenvalue weighted by Gasteiger charge is -2.33. The highest BCUT2D eigenvalue weighted by molar-refractivity contribution is 5.76. The Morgan fingerprint density at radius 2 is 2.33 bits per heavy atom. The highest BCUT2D eigenvalue weighted by atomic mass is 16.5. The highest BCUT2D eigenvalue weighted by Gasteiger charge is 2.26. The predicted octanol–water partition coefficient (Wildman–Crippen LogP) is 2.46. The van der Waals surface area contributed by atoms with E-state index in [0.717, 1.165) is 51.1 Å². The van der Waals surface area contributed by atoms with E-state index in [1.807, 2.05) is 11.0 Å². The summed E-state index contributed by atoms with van der Waals surface area (Å²) in [5.41, 5.74) is 1.16. The van der Waals surface area contributed by atoms with Crippen molar-refractivity contribution in [2.75, 3.05) is 19.7 Å². The minimum atomic E-state index is 0.286. The average molecular weight is 291 g/mol. The molecule has 5 nitrogen and oxygen atoms in total. The first-order valence-electron chi connectivity index (χ1n) is 8.21. The molecule has 3 rings (SSSR count). The maximum Gasteiger partial charge on any atom is 0.222 e. The van der Waals surface area contributed by atoms with Crippen LogP contribution in [-0.4, -0.2) is 46.8 Å². The second-order valence-corrected chi connectivity index (χ2v) is 6.22. The molecule has 1 aromatic rings. The van der Waals surface area contributed by atoms with Crippen molar-refractivity contribution in [2.24, 2.45) is 0 Å². The number of rotatable bonds is 4. The molecule has 0 radical (unpaired) electrons. The van der Waals surface area contributed by atoms with Crippen LogP contribution < -0.4 is 0 Å². The number of hydrogen-bond acceptors (Lipinski definition) is 3. The number of aromatic nitrogens is 2. The van der Waals surface area contributed by atoms with E-state index in [-0.39, 0.29) is 5.91 Å². The molecule has 0 aliphatic carbocycles. The van der Waals surface area contributed by atoms with Crippen LogP contribution in [-0.2, 0) is 9.53 Å². The van der Waals surface area contributed by atoms with E-state index in [2.05, 4.69) is 10.2 Å². The molecule has 0 aromatic carbocycles. The Morgan fingerprint density at radius 1 is 1.38 bits per heavy atom. The molecule has 3 heterocycles. The Kier molecular flexibility index (Phi) is 4.91. The molecular weight excluding hydrogens is 266 g/mol. The van der Waals surface area contributed by atoms with Gasteiger partial charge in [0.2, 0.25) is 5.91 Å². The maximum atomic E-state index is 12.4. The van der Waals surface area contributed by atoms with Crippen molar-refractivity contribution >= 4 is 5.91 Å². The molecule has 0 spiro atoms. The lowest BCUT2D eigenvalue weighted by Crippen LogP contribution is -2.39. The van der Waals surface area contributed by atoms with Crippen LogP contribution in [0.4, 0.5) is 0 Å². The lowest BCUT2D eigenvalue weighted by molar-refractivity contribution is -0.133. The minimum absolute atomic E-state index is 0.286. The predicted molar refractivity (Wildman–Crippen MR) is 80.0 cm³/mol. The van der Waals surface area contributed by atoms with Crippen LogP contribution in [0.2, 0.25) is 0 Å². The number of likely N-dealkylation sites (tertiary alicyclic amines) is 1. The third kappa shape index (κ3) is 3.84. The molecule has 1 aromatic heterocycles. The quantitative estimate of drug-likeness (QED) is 0.927. The van der Waals surface area contributed by atoms with E-state index >= 15 is 0 Å². The summed E-state index contributed by atoms with van der Waals surface area (Å²) in [7, 11) is 0. The third-order valence-corrected chi connectivity index (χ3v) is 4.69. The fourth-order valence-electron chi connectivity index (χ4n) is 3.43. The van der Waals surface area contributed by atoms with Gasteiger partial charge in [0.15, 0.2) is 0 Å². The molecule has 1 N–H and O–H groups in total. The summed E-state index contributed by atoms with van der Waals surface area (Å²) in [5.74, 6) is 0.699. The van der Waals surface area contributed by atoms with E-state index < -0.39 is 0 Å². The standard InChI is InChI=1S/C16H25N3O2/c20-16(7-6-14-5-1-2-11-21-14)19-10-3-4-13(12-19)15-8-9-17-18-15/h8-9,13-14H,1-7,10-12H2,(H,17,18). The van der Waals surface area contributed by atoms with Gasteiger partial charge in [-0.05, 0) is 44.6 Å². The van der Waals surface area contributed by atoms with Gasteiger partial charge in [0.05, 0.1) is 6.10 Å². The second kappa shape index (κ2) is 7.07. The summed E-state index contributed by atoms with van der Waals surface area (Å²) < 4.78 is 5.71. The molecule has 21 heavy (non-hydrogen) atoms. The van der Waals surface area contributed by atoms with Crippen molar-refractivity contribution in [3.05, 3.63) is 18.0 Å². The van der Waals surface area contributed by atoms with E-state index in [9.17, 15) is 4.79 Å². The van der Waals surface area contributed by atoms with Crippen LogP contribution in [0.5, 0.6) is 0 Å². The second-order valence-electron chi connectivity index (χ2n) is 6.22. The highest BCUT2D eigenvalue weighted by Crippen LogP contribution is 2.26. The number of nitrogens with one attached hydrogen (secondary N) is 1. The Labute approximate surface area is 126 Å². The molecule has 2 aliphatic rings. The van der Waals surface area contributed by atoms with Gasteiger partial charge in [0.25, 0.3) is 0 Å². The lowest BCUT2D eigenvalue weighted by atomic mass is 9.94. The largest absolute Gasteiger partial charge is 0.378 e. The number of aromatic amines is 1. The maximum absolute atomic E-state index is 12.4. The van der Waals surface area contributed by atoms with Gasteiger partial charge in [0.1, 0.15) is 0 Å². The van der Waals surface area contributed by atoms with Crippen LogP contribution in [0.25, 0.3) is 0 Å². The van der Waals surface area contributed by atoms with Gasteiger partial charge in [0, 0.05) is 43.9 Å². The number of H-pyrrole nitrogens is 1. The van der Waals surface area contributed by atoms with Gasteiger partial charge < -0.3 is 9.64 Å². The van der Waals surface area contributed by atoms with E-state index in [4.69, 9.17) is 4.74 Å². The summed E-state index contributed by atoms with van der Waals surface area (Å²) in [4.78, 5) is 14.4. The van der Waals surface area contributed by atoms with Gasteiger partial charge in [-0.1, -0.05) is 0 Å². The third-order valence-electron chi connectivity index (χ3n) is 4.69. The zero-order chi connectivity index (χ0) is 14.5. The van der Waals surface area contributed by atoms with Gasteiger partial charge in [-0.15, -0.1) is 0 Å². The molecule has 116 valence electrons. The van der Waals surface area contributed by atoms with E-state index in [1.54, 1.807) is 6.20 Å². The number of nitrogens with zero attached hydrogens (tertiary/aromatic N) is 2. The number of piperidine rings is 1. The molecular formula is C16H25N3O2. The number of carbonyl (C=O) groups excluding carboxylic acids is 1. The van der Waals surface area contributed by atoms with E-state index in [1.165, 1.54) is 12.8 Å². The number of amides is 1. The molecule has 2 unspecified atom stereocenters. The summed E-state index contributed by atoms with van der Waals surface area (Å²) >= 11 is 0. The first-order valence-corrected chi connectivity index (χ1v) is 8.21. The van der Waals surface area contributed by atoms with Crippen molar-refractivity contribution < 1.29 is 9.53 Å². The number of hydrogen-bond donors (Lipinski definition) is 1. The molecule has 2 fully saturated rings. The molecule has 2 atom stereocenters. The van der Waals surface area contributed by atoms with Crippen molar-refractivity contribution in [2.45, 2.75) is 57.0 Å². The van der Waals surface area contributed by atoms with Gasteiger partial charge in [-0.25, -0.2) is 0 Å². The van der Waals surface area contributed by atoms with Gasteiger partial charge in [-0.3, -0.25) is 9.89 Å². The first-order chi connectivity index (χ1) is 10.3. The van der Waals surface area contributed by atoms with Crippen LogP contribution in [0.1, 0.15) is 56.6 Å². The Bertz CT molecular complexity index is 440. The SMILES string of the molecule is O=C(CCC1CCCCO1)N1CCCC(c2ccn[nH]2)C1.